The maximum atomic E-state index is 5.88. The number of ether oxygens (including phenoxy) is 3. The van der Waals surface area contributed by atoms with E-state index >= 15 is 0 Å². The highest BCUT2D eigenvalue weighted by atomic mass is 16.7. The molecular weight excluding hydrogens is 228 g/mol. The molecule has 0 aliphatic carbocycles. The zero-order chi connectivity index (χ0) is 12.0. The smallest absolute Gasteiger partial charge is 0.311 e. The Morgan fingerprint density at radius 3 is 1.72 bits per heavy atom. The second kappa shape index (κ2) is 3.29. The molecule has 2 aliphatic rings. The molecule has 18 heavy (non-hydrogen) atoms. The molecule has 1 spiro atoms. The van der Waals surface area contributed by atoms with Gasteiger partial charge in [0.2, 0.25) is 0 Å². The molecule has 3 nitrogen and oxygen atoms in total. The van der Waals surface area contributed by atoms with Gasteiger partial charge in [-0.05, 0) is 24.3 Å². The van der Waals surface area contributed by atoms with Crippen LogP contribution < -0.4 is 4.74 Å². The molecule has 0 atom stereocenters. The number of para-hydroxylation sites is 2. The molecule has 0 bridgehead atoms. The maximum absolute atomic E-state index is 5.88. The van der Waals surface area contributed by atoms with Crippen molar-refractivity contribution in [2.45, 2.75) is 5.79 Å². The third kappa shape index (κ3) is 1.08. The van der Waals surface area contributed by atoms with Gasteiger partial charge in [-0.3, -0.25) is 0 Å². The van der Waals surface area contributed by atoms with Crippen molar-refractivity contribution in [3.05, 3.63) is 72.2 Å². The highest BCUT2D eigenvalue weighted by molar-refractivity contribution is 5.54. The monoisotopic (exact) mass is 238 g/mol. The standard InChI is InChI=1S/C15H10O3/c1-3-7-13-11(5-1)15(16-9-10-17-15)12-6-2-4-8-14(12)18-13/h1-10H. The molecule has 0 fully saturated rings. The number of rotatable bonds is 0. The Morgan fingerprint density at radius 2 is 1.17 bits per heavy atom. The van der Waals surface area contributed by atoms with E-state index in [4.69, 9.17) is 14.2 Å². The Morgan fingerprint density at radius 1 is 0.667 bits per heavy atom. The van der Waals surface area contributed by atoms with Crippen molar-refractivity contribution in [2.75, 3.05) is 0 Å². The minimum Gasteiger partial charge on any atom is -0.456 e. The van der Waals surface area contributed by atoms with E-state index in [1.54, 1.807) is 12.5 Å². The van der Waals surface area contributed by atoms with Gasteiger partial charge >= 0.3 is 5.79 Å². The predicted octanol–water partition coefficient (Wildman–Crippen LogP) is 3.51. The van der Waals surface area contributed by atoms with Gasteiger partial charge in [-0.25, -0.2) is 0 Å². The van der Waals surface area contributed by atoms with Gasteiger partial charge < -0.3 is 14.2 Å². The molecule has 0 unspecified atom stereocenters. The van der Waals surface area contributed by atoms with E-state index < -0.39 is 5.79 Å². The largest absolute Gasteiger partial charge is 0.456 e. The third-order valence-corrected chi connectivity index (χ3v) is 3.23. The Kier molecular flexibility index (Phi) is 1.75. The van der Waals surface area contributed by atoms with Crippen LogP contribution in [0, 0.1) is 0 Å². The fraction of sp³-hybridized carbons (Fsp3) is 0.0667. The van der Waals surface area contributed by atoms with Crippen LogP contribution in [0.5, 0.6) is 11.5 Å². The van der Waals surface area contributed by atoms with Crippen LogP contribution in [0.3, 0.4) is 0 Å². The molecular formula is C15H10O3. The minimum atomic E-state index is -0.897. The van der Waals surface area contributed by atoms with Gasteiger partial charge in [0.1, 0.15) is 24.0 Å². The van der Waals surface area contributed by atoms with Crippen LogP contribution in [-0.2, 0) is 15.3 Å². The Bertz CT molecular complexity index is 590. The van der Waals surface area contributed by atoms with Gasteiger partial charge in [0.15, 0.2) is 0 Å². The molecule has 3 heteroatoms. The Labute approximate surface area is 104 Å². The van der Waals surface area contributed by atoms with Gasteiger partial charge in [0.25, 0.3) is 0 Å². The van der Waals surface area contributed by atoms with Crippen molar-refractivity contribution in [3.63, 3.8) is 0 Å². The molecule has 0 N–H and O–H groups in total. The van der Waals surface area contributed by atoms with E-state index in [0.717, 1.165) is 22.6 Å². The van der Waals surface area contributed by atoms with Crippen LogP contribution in [-0.4, -0.2) is 0 Å². The lowest BCUT2D eigenvalue weighted by Crippen LogP contribution is -2.32. The summed E-state index contributed by atoms with van der Waals surface area (Å²) in [4.78, 5) is 0. The summed E-state index contributed by atoms with van der Waals surface area (Å²) in [5.74, 6) is 0.630. The summed E-state index contributed by atoms with van der Waals surface area (Å²) in [7, 11) is 0. The van der Waals surface area contributed by atoms with Crippen LogP contribution in [0.25, 0.3) is 0 Å². The molecule has 2 aromatic carbocycles. The van der Waals surface area contributed by atoms with E-state index in [-0.39, 0.29) is 0 Å². The highest BCUT2D eigenvalue weighted by Gasteiger charge is 2.47. The molecule has 88 valence electrons. The lowest BCUT2D eigenvalue weighted by molar-refractivity contribution is -0.118. The fourth-order valence-corrected chi connectivity index (χ4v) is 2.45. The molecule has 2 aliphatic heterocycles. The van der Waals surface area contributed by atoms with Crippen molar-refractivity contribution in [1.82, 2.24) is 0 Å². The average Bonchev–Trinajstić information content (AvgIpc) is 2.90. The van der Waals surface area contributed by atoms with Crippen molar-refractivity contribution in [2.24, 2.45) is 0 Å². The van der Waals surface area contributed by atoms with Gasteiger partial charge in [-0.1, -0.05) is 24.3 Å². The SMILES string of the molecule is C1=COC2(O1)c1ccccc1Oc1ccccc12. The quantitative estimate of drug-likeness (QED) is 0.703. The molecule has 0 aromatic heterocycles. The van der Waals surface area contributed by atoms with Gasteiger partial charge in [0.05, 0.1) is 11.1 Å². The van der Waals surface area contributed by atoms with Crippen LogP contribution >= 0.6 is 0 Å². The fourth-order valence-electron chi connectivity index (χ4n) is 2.45. The van der Waals surface area contributed by atoms with Crippen molar-refractivity contribution >= 4 is 0 Å². The number of benzene rings is 2. The van der Waals surface area contributed by atoms with E-state index in [2.05, 4.69) is 0 Å². The number of hydrogen-bond donors (Lipinski definition) is 0. The van der Waals surface area contributed by atoms with E-state index in [1.165, 1.54) is 0 Å². The third-order valence-electron chi connectivity index (χ3n) is 3.23. The molecule has 2 aromatic rings. The number of hydrogen-bond acceptors (Lipinski definition) is 3. The van der Waals surface area contributed by atoms with Gasteiger partial charge in [0, 0.05) is 0 Å². The van der Waals surface area contributed by atoms with Crippen LogP contribution in [0.1, 0.15) is 11.1 Å². The lowest BCUT2D eigenvalue weighted by Gasteiger charge is -2.34. The van der Waals surface area contributed by atoms with Crippen LogP contribution in [0.4, 0.5) is 0 Å². The summed E-state index contributed by atoms with van der Waals surface area (Å²) in [5.41, 5.74) is 1.77. The number of fused-ring (bicyclic) bond motifs is 4. The maximum Gasteiger partial charge on any atom is 0.311 e. The molecule has 0 saturated carbocycles. The second-order valence-electron chi connectivity index (χ2n) is 4.22. The first-order valence-electron chi connectivity index (χ1n) is 5.78. The second-order valence-corrected chi connectivity index (χ2v) is 4.22. The minimum absolute atomic E-state index is 0.764. The predicted molar refractivity (Wildman–Crippen MR) is 65.0 cm³/mol. The first-order chi connectivity index (χ1) is 8.90. The van der Waals surface area contributed by atoms with Crippen molar-refractivity contribution in [3.8, 4) is 11.5 Å². The normalized spacial score (nSPS) is 17.3. The van der Waals surface area contributed by atoms with Crippen molar-refractivity contribution in [1.29, 1.82) is 0 Å². The molecule has 2 heterocycles. The van der Waals surface area contributed by atoms with Gasteiger partial charge in [-0.2, -0.15) is 0 Å². The average molecular weight is 238 g/mol. The lowest BCUT2D eigenvalue weighted by atomic mass is 9.93. The topological polar surface area (TPSA) is 27.7 Å². The summed E-state index contributed by atoms with van der Waals surface area (Å²) in [6, 6.07) is 15.5. The van der Waals surface area contributed by atoms with E-state index in [0.29, 0.717) is 0 Å². The summed E-state index contributed by atoms with van der Waals surface area (Å²) < 4.78 is 17.4. The zero-order valence-corrected chi connectivity index (χ0v) is 9.50. The van der Waals surface area contributed by atoms with Gasteiger partial charge in [-0.15, -0.1) is 0 Å². The van der Waals surface area contributed by atoms with Crippen LogP contribution in [0.15, 0.2) is 61.1 Å². The first-order valence-corrected chi connectivity index (χ1v) is 5.78. The molecule has 0 amide bonds. The van der Waals surface area contributed by atoms with E-state index in [9.17, 15) is 0 Å². The van der Waals surface area contributed by atoms with E-state index in [1.807, 2.05) is 48.5 Å². The zero-order valence-electron chi connectivity index (χ0n) is 9.50. The highest BCUT2D eigenvalue weighted by Crippen LogP contribution is 2.50. The molecule has 0 radical (unpaired) electrons. The molecule has 4 rings (SSSR count). The van der Waals surface area contributed by atoms with Crippen LogP contribution in [0.2, 0.25) is 0 Å². The summed E-state index contributed by atoms with van der Waals surface area (Å²) in [5, 5.41) is 0. The summed E-state index contributed by atoms with van der Waals surface area (Å²) >= 11 is 0. The summed E-state index contributed by atoms with van der Waals surface area (Å²) in [6.45, 7) is 0. The first kappa shape index (κ1) is 9.59. The Hall–Kier alpha value is -2.42. The Balaban J connectivity index is 2.02. The van der Waals surface area contributed by atoms with Crippen molar-refractivity contribution < 1.29 is 14.2 Å². The summed E-state index contributed by atoms with van der Waals surface area (Å²) in [6.07, 6.45) is 3.14. The molecule has 0 saturated heterocycles.